The van der Waals surface area contributed by atoms with E-state index in [1.54, 1.807) is 0 Å². The van der Waals surface area contributed by atoms with Crippen LogP contribution in [0, 0.1) is 5.92 Å². The topological polar surface area (TPSA) is 37.3 Å². The van der Waals surface area contributed by atoms with Crippen LogP contribution in [-0.2, 0) is 15.8 Å². The first-order valence-corrected chi connectivity index (χ1v) is 13.7. The number of likely N-dealkylation sites (tertiary alicyclic amines) is 1. The van der Waals surface area contributed by atoms with Crippen LogP contribution in [-0.4, -0.2) is 69.2 Å². The minimum absolute atomic E-state index is 0.409. The summed E-state index contributed by atoms with van der Waals surface area (Å²) in [7, 11) is 0.331. The fourth-order valence-corrected chi connectivity index (χ4v) is 7.26. The maximum atomic E-state index is 6.51. The summed E-state index contributed by atoms with van der Waals surface area (Å²) in [5.74, 6) is 1.65. The van der Waals surface area contributed by atoms with Crippen molar-refractivity contribution in [2.45, 2.75) is 57.5 Å². The Hall–Kier alpha value is -1.21. The van der Waals surface area contributed by atoms with Crippen molar-refractivity contribution in [3.8, 4) is 0 Å². The molecule has 4 rings (SSSR count). The highest BCUT2D eigenvalue weighted by atomic mass is 28.4. The molecule has 0 radical (unpaired) electrons. The van der Waals surface area contributed by atoms with Crippen LogP contribution in [0.1, 0.15) is 31.2 Å². The summed E-state index contributed by atoms with van der Waals surface area (Å²) >= 11 is 0. The van der Waals surface area contributed by atoms with Crippen molar-refractivity contribution in [1.29, 1.82) is 0 Å². The highest BCUT2D eigenvalue weighted by Crippen LogP contribution is 2.35. The third-order valence-corrected chi connectivity index (χ3v) is 9.06. The largest absolute Gasteiger partial charge is 0.519 e. The molecule has 0 unspecified atom stereocenters. The molecule has 3 aliphatic heterocycles. The van der Waals surface area contributed by atoms with E-state index in [1.807, 2.05) is 0 Å². The second-order valence-corrected chi connectivity index (χ2v) is 12.8. The molecule has 0 saturated carbocycles. The zero-order valence-electron chi connectivity index (χ0n) is 17.6. The lowest BCUT2D eigenvalue weighted by Crippen LogP contribution is -2.53. The van der Waals surface area contributed by atoms with Crippen LogP contribution in [0.5, 0.6) is 0 Å². The maximum Gasteiger partial charge on any atom is 0.327 e. The molecule has 154 valence electrons. The van der Waals surface area contributed by atoms with E-state index in [0.717, 1.165) is 51.4 Å². The minimum atomic E-state index is -1.87. The molecule has 1 aromatic carbocycles. The van der Waals surface area contributed by atoms with Crippen molar-refractivity contribution < 1.29 is 9.16 Å². The molecule has 3 aliphatic rings. The lowest BCUT2D eigenvalue weighted by molar-refractivity contribution is 0.0621. The van der Waals surface area contributed by atoms with Crippen LogP contribution in [0.2, 0.25) is 13.1 Å². The Bertz CT molecular complexity index is 674. The van der Waals surface area contributed by atoms with Gasteiger partial charge in [-0.1, -0.05) is 30.3 Å². The summed E-state index contributed by atoms with van der Waals surface area (Å²) in [6.45, 7) is 9.58. The summed E-state index contributed by atoms with van der Waals surface area (Å²) in [6.07, 6.45) is 4.68. The number of aliphatic imine (C=N–C) groups is 1. The summed E-state index contributed by atoms with van der Waals surface area (Å²) in [4.78, 5) is 7.51. The molecule has 0 bridgehead atoms. The Labute approximate surface area is 170 Å². The van der Waals surface area contributed by atoms with Crippen molar-refractivity contribution in [2.24, 2.45) is 10.9 Å². The van der Waals surface area contributed by atoms with Crippen LogP contribution in [0.4, 0.5) is 0 Å². The van der Waals surface area contributed by atoms with Crippen molar-refractivity contribution in [3.05, 3.63) is 35.9 Å². The van der Waals surface area contributed by atoms with Gasteiger partial charge in [-0.3, -0.25) is 9.56 Å². The lowest BCUT2D eigenvalue weighted by Gasteiger charge is -2.37. The van der Waals surface area contributed by atoms with Gasteiger partial charge in [-0.15, -0.1) is 0 Å². The van der Waals surface area contributed by atoms with Crippen molar-refractivity contribution in [3.63, 3.8) is 0 Å². The molecule has 1 aromatic rings. The van der Waals surface area contributed by atoms with E-state index in [2.05, 4.69) is 59.9 Å². The predicted octanol–water partition coefficient (Wildman–Crippen LogP) is 3.51. The smallest absolute Gasteiger partial charge is 0.327 e. The van der Waals surface area contributed by atoms with Gasteiger partial charge in [-0.2, -0.15) is 0 Å². The number of hydrogen-bond acceptors (Lipinski definition) is 5. The Balaban J connectivity index is 1.33. The summed E-state index contributed by atoms with van der Waals surface area (Å²) in [6, 6.07) is 11.3. The first-order chi connectivity index (χ1) is 13.5. The van der Waals surface area contributed by atoms with Crippen molar-refractivity contribution in [1.82, 2.24) is 9.47 Å². The number of ether oxygens (including phenoxy) is 1. The zero-order valence-corrected chi connectivity index (χ0v) is 18.6. The second-order valence-electron chi connectivity index (χ2n) is 9.16. The molecule has 2 atom stereocenters. The van der Waals surface area contributed by atoms with Crippen LogP contribution in [0.15, 0.2) is 35.3 Å². The van der Waals surface area contributed by atoms with Crippen molar-refractivity contribution >= 4 is 14.4 Å². The van der Waals surface area contributed by atoms with Gasteiger partial charge in [0.25, 0.3) is 0 Å². The van der Waals surface area contributed by atoms with E-state index in [1.165, 1.54) is 12.0 Å². The molecule has 0 aromatic heterocycles. The minimum Gasteiger partial charge on any atom is -0.519 e. The zero-order chi connectivity index (χ0) is 19.6. The highest BCUT2D eigenvalue weighted by molar-refractivity contribution is 6.71. The van der Waals surface area contributed by atoms with Gasteiger partial charge in [0.05, 0.1) is 25.3 Å². The van der Waals surface area contributed by atoms with Gasteiger partial charge in [-0.05, 0) is 70.4 Å². The number of nitrogens with zero attached hydrogens (tertiary/aromatic N) is 3. The van der Waals surface area contributed by atoms with E-state index in [9.17, 15) is 0 Å². The Morgan fingerprint density at radius 3 is 2.61 bits per heavy atom. The van der Waals surface area contributed by atoms with Gasteiger partial charge in [-0.25, -0.2) is 0 Å². The molecule has 3 heterocycles. The average molecular weight is 402 g/mol. The standard InChI is InChI=1S/C22H35N3O2Si/c1-24-13-11-20(12-14-24)23-22-21-10-9-19(15-25(21)28(2,3)27-22)17-26-16-18-7-5-4-6-8-18/h4-8,19-21H,9-17H2,1-3H3/t19-,21+/m1/s1. The molecule has 0 spiro atoms. The normalized spacial score (nSPS) is 30.3. The first kappa shape index (κ1) is 20.1. The lowest BCUT2D eigenvalue weighted by atomic mass is 9.95. The summed E-state index contributed by atoms with van der Waals surface area (Å²) in [5.41, 5.74) is 1.25. The second kappa shape index (κ2) is 8.65. The van der Waals surface area contributed by atoms with Gasteiger partial charge in [0, 0.05) is 6.54 Å². The maximum absolute atomic E-state index is 6.51. The molecule has 5 nitrogen and oxygen atoms in total. The SMILES string of the molecule is CN1CCC(N=C2O[Si](C)(C)N3C[C@H](COCc4ccccc4)CC[C@@H]23)CC1. The van der Waals surface area contributed by atoms with Gasteiger partial charge in [0.1, 0.15) is 0 Å². The van der Waals surface area contributed by atoms with Gasteiger partial charge >= 0.3 is 8.48 Å². The van der Waals surface area contributed by atoms with Crippen molar-refractivity contribution in [2.75, 3.05) is 33.3 Å². The predicted molar refractivity (Wildman–Crippen MR) is 116 cm³/mol. The third kappa shape index (κ3) is 4.67. The Kier molecular flexibility index (Phi) is 6.20. The van der Waals surface area contributed by atoms with E-state index >= 15 is 0 Å². The van der Waals surface area contributed by atoms with E-state index in [0.29, 0.717) is 24.6 Å². The number of fused-ring (bicyclic) bond motifs is 1. The molecule has 28 heavy (non-hydrogen) atoms. The van der Waals surface area contributed by atoms with Gasteiger partial charge in [0.2, 0.25) is 0 Å². The monoisotopic (exact) mass is 401 g/mol. The van der Waals surface area contributed by atoms with E-state index < -0.39 is 8.48 Å². The number of rotatable bonds is 5. The summed E-state index contributed by atoms with van der Waals surface area (Å²) < 4.78 is 15.2. The van der Waals surface area contributed by atoms with E-state index in [-0.39, 0.29) is 0 Å². The number of piperidine rings is 2. The number of benzene rings is 1. The van der Waals surface area contributed by atoms with Gasteiger partial charge in [0.15, 0.2) is 5.90 Å². The molecule has 3 fully saturated rings. The van der Waals surface area contributed by atoms with Crippen LogP contribution in [0.3, 0.4) is 0 Å². The molecule has 6 heteroatoms. The molecule has 3 saturated heterocycles. The molecule has 0 amide bonds. The summed E-state index contributed by atoms with van der Waals surface area (Å²) in [5, 5.41) is 0. The average Bonchev–Trinajstić information content (AvgIpc) is 2.94. The molecule has 0 aliphatic carbocycles. The van der Waals surface area contributed by atoms with Crippen LogP contribution in [0.25, 0.3) is 0 Å². The first-order valence-electron chi connectivity index (χ1n) is 10.8. The van der Waals surface area contributed by atoms with E-state index in [4.69, 9.17) is 14.2 Å². The molecular formula is C22H35N3O2Si. The highest BCUT2D eigenvalue weighted by Gasteiger charge is 2.51. The number of hydrogen-bond donors (Lipinski definition) is 0. The fourth-order valence-electron chi connectivity index (χ4n) is 4.75. The Morgan fingerprint density at radius 1 is 1.11 bits per heavy atom. The van der Waals surface area contributed by atoms with Crippen LogP contribution >= 0.6 is 0 Å². The molecular weight excluding hydrogens is 366 g/mol. The Morgan fingerprint density at radius 2 is 1.86 bits per heavy atom. The fraction of sp³-hybridized carbons (Fsp3) is 0.682. The van der Waals surface area contributed by atoms with Crippen LogP contribution < -0.4 is 0 Å². The molecule has 0 N–H and O–H groups in total. The van der Waals surface area contributed by atoms with Gasteiger partial charge < -0.3 is 14.1 Å². The quantitative estimate of drug-likeness (QED) is 0.708. The third-order valence-electron chi connectivity index (χ3n) is 6.47.